The number of nitrogen functional groups attached to an aromatic ring is 1. The van der Waals surface area contributed by atoms with Crippen molar-refractivity contribution in [1.29, 1.82) is 0 Å². The molecular formula is C14H15NO2S. The first kappa shape index (κ1) is 11.4. The number of ether oxygens (including phenoxy) is 2. The SMILES string of the molecule is Cc1cc(-c2cc(N)cc3c2OCCCO3)cs1. The number of benzene rings is 1. The summed E-state index contributed by atoms with van der Waals surface area (Å²) in [6, 6.07) is 5.94. The molecular weight excluding hydrogens is 246 g/mol. The van der Waals surface area contributed by atoms with Crippen LogP contribution in [0.25, 0.3) is 11.1 Å². The summed E-state index contributed by atoms with van der Waals surface area (Å²) in [5.74, 6) is 1.57. The first-order valence-electron chi connectivity index (χ1n) is 5.98. The fourth-order valence-electron chi connectivity index (χ4n) is 2.09. The number of hydrogen-bond acceptors (Lipinski definition) is 4. The highest BCUT2D eigenvalue weighted by Gasteiger charge is 2.17. The van der Waals surface area contributed by atoms with Crippen molar-refractivity contribution < 1.29 is 9.47 Å². The van der Waals surface area contributed by atoms with Gasteiger partial charge in [-0.25, -0.2) is 0 Å². The van der Waals surface area contributed by atoms with Crippen LogP contribution in [-0.4, -0.2) is 13.2 Å². The van der Waals surface area contributed by atoms with Crippen molar-refractivity contribution in [2.45, 2.75) is 13.3 Å². The summed E-state index contributed by atoms with van der Waals surface area (Å²) in [6.45, 7) is 3.46. The van der Waals surface area contributed by atoms with Crippen molar-refractivity contribution in [2.24, 2.45) is 0 Å². The zero-order chi connectivity index (χ0) is 12.5. The topological polar surface area (TPSA) is 44.5 Å². The highest BCUT2D eigenvalue weighted by Crippen LogP contribution is 2.42. The monoisotopic (exact) mass is 261 g/mol. The van der Waals surface area contributed by atoms with Crippen molar-refractivity contribution in [3.63, 3.8) is 0 Å². The van der Waals surface area contributed by atoms with Crippen molar-refractivity contribution in [2.75, 3.05) is 18.9 Å². The number of rotatable bonds is 1. The van der Waals surface area contributed by atoms with E-state index in [1.54, 1.807) is 11.3 Å². The van der Waals surface area contributed by atoms with E-state index in [0.29, 0.717) is 18.9 Å². The maximum absolute atomic E-state index is 5.95. The molecule has 0 saturated carbocycles. The summed E-state index contributed by atoms with van der Waals surface area (Å²) < 4.78 is 11.5. The van der Waals surface area contributed by atoms with Gasteiger partial charge in [0.1, 0.15) is 0 Å². The summed E-state index contributed by atoms with van der Waals surface area (Å²) in [5.41, 5.74) is 8.82. The van der Waals surface area contributed by atoms with Crippen molar-refractivity contribution >= 4 is 17.0 Å². The Kier molecular flexibility index (Phi) is 2.88. The van der Waals surface area contributed by atoms with Crippen LogP contribution < -0.4 is 15.2 Å². The lowest BCUT2D eigenvalue weighted by molar-refractivity contribution is 0.297. The van der Waals surface area contributed by atoms with Gasteiger partial charge in [-0.05, 0) is 30.0 Å². The Morgan fingerprint density at radius 3 is 2.78 bits per heavy atom. The molecule has 0 spiro atoms. The van der Waals surface area contributed by atoms with Gasteiger partial charge in [-0.15, -0.1) is 11.3 Å². The zero-order valence-electron chi connectivity index (χ0n) is 10.2. The van der Waals surface area contributed by atoms with Gasteiger partial charge in [0, 0.05) is 28.6 Å². The summed E-state index contributed by atoms with van der Waals surface area (Å²) in [7, 11) is 0. The quantitative estimate of drug-likeness (QED) is 0.799. The smallest absolute Gasteiger partial charge is 0.169 e. The number of thiophene rings is 1. The Labute approximate surface area is 110 Å². The molecule has 3 nitrogen and oxygen atoms in total. The predicted molar refractivity (Wildman–Crippen MR) is 74.5 cm³/mol. The van der Waals surface area contributed by atoms with Crippen molar-refractivity contribution in [1.82, 2.24) is 0 Å². The molecule has 0 bridgehead atoms. The van der Waals surface area contributed by atoms with E-state index < -0.39 is 0 Å². The maximum Gasteiger partial charge on any atom is 0.169 e. The molecule has 4 heteroatoms. The van der Waals surface area contributed by atoms with Gasteiger partial charge in [0.15, 0.2) is 11.5 Å². The van der Waals surface area contributed by atoms with E-state index >= 15 is 0 Å². The Bertz CT molecular complexity index is 577. The van der Waals surface area contributed by atoms with E-state index in [9.17, 15) is 0 Å². The first-order valence-corrected chi connectivity index (χ1v) is 6.86. The van der Waals surface area contributed by atoms with E-state index in [4.69, 9.17) is 15.2 Å². The highest BCUT2D eigenvalue weighted by molar-refractivity contribution is 7.10. The third kappa shape index (κ3) is 2.04. The lowest BCUT2D eigenvalue weighted by Gasteiger charge is -2.12. The van der Waals surface area contributed by atoms with Crippen molar-refractivity contribution in [3.8, 4) is 22.6 Å². The Hall–Kier alpha value is -1.68. The number of hydrogen-bond donors (Lipinski definition) is 1. The molecule has 2 heterocycles. The van der Waals surface area contributed by atoms with E-state index in [0.717, 1.165) is 29.0 Å². The molecule has 1 aromatic carbocycles. The predicted octanol–water partition coefficient (Wildman–Crippen LogP) is 3.47. The molecule has 2 N–H and O–H groups in total. The molecule has 0 amide bonds. The minimum Gasteiger partial charge on any atom is -0.489 e. The van der Waals surface area contributed by atoms with Crippen LogP contribution >= 0.6 is 11.3 Å². The molecule has 1 aromatic heterocycles. The summed E-state index contributed by atoms with van der Waals surface area (Å²) in [5, 5.41) is 2.12. The van der Waals surface area contributed by atoms with Crippen LogP contribution in [0.15, 0.2) is 23.6 Å². The Morgan fingerprint density at radius 1 is 1.17 bits per heavy atom. The van der Waals surface area contributed by atoms with Gasteiger partial charge in [0.25, 0.3) is 0 Å². The number of anilines is 1. The van der Waals surface area contributed by atoms with Crippen LogP contribution in [0.3, 0.4) is 0 Å². The van der Waals surface area contributed by atoms with Crippen LogP contribution in [-0.2, 0) is 0 Å². The largest absolute Gasteiger partial charge is 0.489 e. The number of fused-ring (bicyclic) bond motifs is 1. The molecule has 1 aliphatic rings. The fourth-order valence-corrected chi connectivity index (χ4v) is 2.80. The van der Waals surface area contributed by atoms with Gasteiger partial charge >= 0.3 is 0 Å². The Balaban J connectivity index is 2.16. The Morgan fingerprint density at radius 2 is 2.00 bits per heavy atom. The minimum absolute atomic E-state index is 0.679. The summed E-state index contributed by atoms with van der Waals surface area (Å²) in [6.07, 6.45) is 0.899. The van der Waals surface area contributed by atoms with E-state index in [-0.39, 0.29) is 0 Å². The van der Waals surface area contributed by atoms with E-state index in [1.165, 1.54) is 4.88 Å². The average molecular weight is 261 g/mol. The van der Waals surface area contributed by atoms with Gasteiger partial charge in [0.2, 0.25) is 0 Å². The molecule has 0 unspecified atom stereocenters. The van der Waals surface area contributed by atoms with Crippen LogP contribution in [0.1, 0.15) is 11.3 Å². The molecule has 0 radical (unpaired) electrons. The lowest BCUT2D eigenvalue weighted by Crippen LogP contribution is -1.97. The minimum atomic E-state index is 0.679. The first-order chi connectivity index (χ1) is 8.74. The second kappa shape index (κ2) is 4.53. The second-order valence-corrected chi connectivity index (χ2v) is 5.51. The molecule has 0 fully saturated rings. The highest BCUT2D eigenvalue weighted by atomic mass is 32.1. The lowest BCUT2D eigenvalue weighted by atomic mass is 10.1. The molecule has 0 aliphatic carbocycles. The third-order valence-corrected chi connectivity index (χ3v) is 3.77. The van der Waals surface area contributed by atoms with Gasteiger partial charge in [-0.1, -0.05) is 0 Å². The molecule has 3 rings (SSSR count). The summed E-state index contributed by atoms with van der Waals surface area (Å²) in [4.78, 5) is 1.27. The average Bonchev–Trinajstić information content (AvgIpc) is 2.63. The molecule has 2 aromatic rings. The molecule has 0 atom stereocenters. The van der Waals surface area contributed by atoms with Crippen LogP contribution in [0.5, 0.6) is 11.5 Å². The fraction of sp³-hybridized carbons (Fsp3) is 0.286. The van der Waals surface area contributed by atoms with Crippen molar-refractivity contribution in [3.05, 3.63) is 28.5 Å². The van der Waals surface area contributed by atoms with Gasteiger partial charge in [0.05, 0.1) is 13.2 Å². The number of nitrogens with two attached hydrogens (primary N) is 1. The standard InChI is InChI=1S/C14H15NO2S/c1-9-5-10(8-18-9)12-6-11(15)7-13-14(12)17-4-2-3-16-13/h5-8H,2-4,15H2,1H3. The zero-order valence-corrected chi connectivity index (χ0v) is 11.0. The normalized spacial score (nSPS) is 14.3. The number of aryl methyl sites for hydroxylation is 1. The third-order valence-electron chi connectivity index (χ3n) is 2.91. The molecule has 94 valence electrons. The van der Waals surface area contributed by atoms with Crippen LogP contribution in [0.4, 0.5) is 5.69 Å². The maximum atomic E-state index is 5.95. The molecule has 0 saturated heterocycles. The van der Waals surface area contributed by atoms with Crippen LogP contribution in [0.2, 0.25) is 0 Å². The second-order valence-electron chi connectivity index (χ2n) is 4.39. The van der Waals surface area contributed by atoms with Gasteiger partial charge in [-0.3, -0.25) is 0 Å². The van der Waals surface area contributed by atoms with Gasteiger partial charge in [-0.2, -0.15) is 0 Å². The van der Waals surface area contributed by atoms with Gasteiger partial charge < -0.3 is 15.2 Å². The molecule has 1 aliphatic heterocycles. The van der Waals surface area contributed by atoms with Crippen LogP contribution in [0, 0.1) is 6.92 Å². The molecule has 18 heavy (non-hydrogen) atoms. The summed E-state index contributed by atoms with van der Waals surface area (Å²) >= 11 is 1.72. The van der Waals surface area contributed by atoms with E-state index in [1.807, 2.05) is 12.1 Å². The van der Waals surface area contributed by atoms with E-state index in [2.05, 4.69) is 18.4 Å².